The average Bonchev–Trinajstić information content (AvgIpc) is 2.91. The molecule has 3 aromatic rings. The molecular weight excluding hydrogens is 475 g/mol. The average molecular weight is 517 g/mol. The fourth-order valence-electron chi connectivity index (χ4n) is 5.62. The van der Waals surface area contributed by atoms with Crippen LogP contribution in [0.1, 0.15) is 39.3 Å². The van der Waals surface area contributed by atoms with Crippen molar-refractivity contribution in [1.82, 2.24) is 9.80 Å². The third kappa shape index (κ3) is 6.25. The fourth-order valence-corrected chi connectivity index (χ4v) is 10.2. The van der Waals surface area contributed by atoms with Gasteiger partial charge in [-0.3, -0.25) is 9.80 Å². The zero-order valence-corrected chi connectivity index (χ0v) is 23.7. The Morgan fingerprint density at radius 3 is 1.78 bits per heavy atom. The summed E-state index contributed by atoms with van der Waals surface area (Å²) in [5.41, 5.74) is 1.73. The van der Waals surface area contributed by atoms with E-state index < -0.39 is 15.4 Å². The number of rotatable bonds is 9. The van der Waals surface area contributed by atoms with Gasteiger partial charge in [-0.1, -0.05) is 106 Å². The van der Waals surface area contributed by atoms with E-state index in [0.717, 1.165) is 32.7 Å². The van der Waals surface area contributed by atoms with Crippen molar-refractivity contribution in [3.05, 3.63) is 90.5 Å². The molecule has 0 bridgehead atoms. The first-order valence-corrected chi connectivity index (χ1v) is 15.3. The summed E-state index contributed by atoms with van der Waals surface area (Å²) in [6.07, 6.45) is 0. The molecule has 0 aliphatic carbocycles. The third-order valence-corrected chi connectivity index (χ3v) is 12.9. The molecule has 2 N–H and O–H groups in total. The largest absolute Gasteiger partial charge is 0.488 e. The van der Waals surface area contributed by atoms with Crippen LogP contribution in [0.3, 0.4) is 0 Å². The Balaban J connectivity index is 1.40. The molecule has 1 unspecified atom stereocenters. The topological polar surface area (TPSA) is 56.2 Å². The highest BCUT2D eigenvalue weighted by Gasteiger charge is 2.50. The van der Waals surface area contributed by atoms with E-state index in [1.54, 1.807) is 12.1 Å². The van der Waals surface area contributed by atoms with Crippen molar-refractivity contribution in [2.45, 2.75) is 38.8 Å². The van der Waals surface area contributed by atoms with Gasteiger partial charge in [-0.25, -0.2) is 0 Å². The summed E-state index contributed by atoms with van der Waals surface area (Å²) in [4.78, 5) is 5.02. The molecule has 0 radical (unpaired) electrons. The molecule has 4 rings (SSSR count). The summed E-state index contributed by atoms with van der Waals surface area (Å²) in [5.74, 6) is 0. The van der Waals surface area contributed by atoms with Crippen LogP contribution in [-0.2, 0) is 4.43 Å². The molecule has 37 heavy (non-hydrogen) atoms. The maximum absolute atomic E-state index is 9.36. The Morgan fingerprint density at radius 2 is 1.32 bits per heavy atom. The minimum atomic E-state index is -2.49. The van der Waals surface area contributed by atoms with Gasteiger partial charge in [0, 0.05) is 45.4 Å². The Labute approximate surface area is 224 Å². The third-order valence-electron chi connectivity index (χ3n) is 7.81. The maximum Gasteiger partial charge on any atom is 0.488 e. The van der Waals surface area contributed by atoms with Crippen LogP contribution in [0, 0.1) is 0 Å². The van der Waals surface area contributed by atoms with Crippen molar-refractivity contribution >= 4 is 31.3 Å². The SMILES string of the molecule is CC(c1ccc(B(O)O)cc1)N1CCN(CCO[Si](c2ccccc2)(c2ccccc2)C(C)(C)C)CC1. The molecule has 0 spiro atoms. The highest BCUT2D eigenvalue weighted by Crippen LogP contribution is 2.36. The van der Waals surface area contributed by atoms with Crippen molar-refractivity contribution < 1.29 is 14.5 Å². The molecule has 1 aliphatic rings. The van der Waals surface area contributed by atoms with Crippen LogP contribution in [0.25, 0.3) is 0 Å². The standard InChI is InChI=1S/C30H41BN2O3Si/c1-25(26-15-17-27(18-16-26)31(34)35)33-21-19-32(20-22-33)23-24-36-37(30(2,3)4,28-11-7-5-8-12-28)29-13-9-6-10-14-29/h5-18,25,34-35H,19-24H2,1-4H3. The molecule has 3 aromatic carbocycles. The summed E-state index contributed by atoms with van der Waals surface area (Å²) in [7, 11) is -3.91. The smallest absolute Gasteiger partial charge is 0.423 e. The van der Waals surface area contributed by atoms with Gasteiger partial charge in [0.05, 0.1) is 0 Å². The first kappa shape index (κ1) is 27.8. The second kappa shape index (κ2) is 12.1. The monoisotopic (exact) mass is 516 g/mol. The minimum absolute atomic E-state index is 0.00848. The zero-order valence-electron chi connectivity index (χ0n) is 22.7. The van der Waals surface area contributed by atoms with E-state index in [4.69, 9.17) is 4.43 Å². The molecule has 1 aliphatic heterocycles. The van der Waals surface area contributed by atoms with E-state index in [2.05, 4.69) is 98.2 Å². The molecule has 0 saturated carbocycles. The van der Waals surface area contributed by atoms with Gasteiger partial charge in [0.2, 0.25) is 0 Å². The fraction of sp³-hybridized carbons (Fsp3) is 0.400. The van der Waals surface area contributed by atoms with Gasteiger partial charge in [-0.2, -0.15) is 0 Å². The van der Waals surface area contributed by atoms with Crippen LogP contribution in [-0.4, -0.2) is 74.6 Å². The normalized spacial score (nSPS) is 16.5. The van der Waals surface area contributed by atoms with Crippen molar-refractivity contribution in [2.24, 2.45) is 0 Å². The lowest BCUT2D eigenvalue weighted by Gasteiger charge is -2.44. The van der Waals surface area contributed by atoms with Gasteiger partial charge in [-0.15, -0.1) is 0 Å². The molecule has 5 nitrogen and oxygen atoms in total. The number of hydrogen-bond donors (Lipinski definition) is 2. The van der Waals surface area contributed by atoms with E-state index in [-0.39, 0.29) is 5.04 Å². The summed E-state index contributed by atoms with van der Waals surface area (Å²) in [5, 5.41) is 21.4. The zero-order chi connectivity index (χ0) is 26.5. The van der Waals surface area contributed by atoms with Crippen molar-refractivity contribution in [2.75, 3.05) is 39.3 Å². The molecule has 1 heterocycles. The molecule has 0 amide bonds. The van der Waals surface area contributed by atoms with Crippen LogP contribution in [0.5, 0.6) is 0 Å². The van der Waals surface area contributed by atoms with Gasteiger partial charge in [-0.05, 0) is 33.4 Å². The van der Waals surface area contributed by atoms with Crippen LogP contribution < -0.4 is 15.8 Å². The van der Waals surface area contributed by atoms with Gasteiger partial charge in [0.25, 0.3) is 8.32 Å². The maximum atomic E-state index is 9.36. The second-order valence-electron chi connectivity index (χ2n) is 11.1. The predicted octanol–water partition coefficient (Wildman–Crippen LogP) is 2.62. The van der Waals surface area contributed by atoms with E-state index in [9.17, 15) is 10.0 Å². The van der Waals surface area contributed by atoms with E-state index in [1.165, 1.54) is 15.9 Å². The van der Waals surface area contributed by atoms with Crippen LogP contribution in [0.4, 0.5) is 0 Å². The second-order valence-corrected chi connectivity index (χ2v) is 15.4. The highest BCUT2D eigenvalue weighted by atomic mass is 28.4. The van der Waals surface area contributed by atoms with Crippen LogP contribution in [0.15, 0.2) is 84.9 Å². The van der Waals surface area contributed by atoms with E-state index in [0.29, 0.717) is 18.1 Å². The molecule has 0 aromatic heterocycles. The summed E-state index contributed by atoms with van der Waals surface area (Å²) in [6.45, 7) is 14.9. The Morgan fingerprint density at radius 1 is 0.811 bits per heavy atom. The van der Waals surface area contributed by atoms with Gasteiger partial charge < -0.3 is 14.5 Å². The quantitative estimate of drug-likeness (QED) is 0.429. The molecule has 1 fully saturated rings. The van der Waals surface area contributed by atoms with Crippen LogP contribution >= 0.6 is 0 Å². The predicted molar refractivity (Wildman–Crippen MR) is 156 cm³/mol. The first-order chi connectivity index (χ1) is 17.7. The molecule has 1 saturated heterocycles. The lowest BCUT2D eigenvalue weighted by atomic mass is 9.80. The summed E-state index contributed by atoms with van der Waals surface area (Å²) < 4.78 is 7.09. The summed E-state index contributed by atoms with van der Waals surface area (Å²) in [6, 6.07) is 29.6. The Bertz CT molecular complexity index is 1060. The molecule has 7 heteroatoms. The van der Waals surface area contributed by atoms with E-state index >= 15 is 0 Å². The van der Waals surface area contributed by atoms with Crippen molar-refractivity contribution in [3.8, 4) is 0 Å². The minimum Gasteiger partial charge on any atom is -0.423 e. The molecule has 196 valence electrons. The lowest BCUT2D eigenvalue weighted by Crippen LogP contribution is -2.67. The lowest BCUT2D eigenvalue weighted by molar-refractivity contribution is 0.0906. The first-order valence-electron chi connectivity index (χ1n) is 13.4. The van der Waals surface area contributed by atoms with Gasteiger partial charge in [0.1, 0.15) is 0 Å². The van der Waals surface area contributed by atoms with E-state index in [1.807, 2.05) is 12.1 Å². The number of benzene rings is 3. The van der Waals surface area contributed by atoms with Crippen LogP contribution in [0.2, 0.25) is 5.04 Å². The molecule has 1 atom stereocenters. The van der Waals surface area contributed by atoms with Gasteiger partial charge in [0.15, 0.2) is 0 Å². The van der Waals surface area contributed by atoms with Gasteiger partial charge >= 0.3 is 7.12 Å². The van der Waals surface area contributed by atoms with Crippen molar-refractivity contribution in [1.29, 1.82) is 0 Å². The molecular formula is C30H41BN2O3Si. The Hall–Kier alpha value is -2.26. The Kier molecular flexibility index (Phi) is 9.06. The van der Waals surface area contributed by atoms with Crippen molar-refractivity contribution in [3.63, 3.8) is 0 Å². The number of nitrogens with zero attached hydrogens (tertiary/aromatic N) is 2. The number of piperazine rings is 1. The summed E-state index contributed by atoms with van der Waals surface area (Å²) >= 11 is 0. The number of hydrogen-bond acceptors (Lipinski definition) is 5. The highest BCUT2D eigenvalue weighted by molar-refractivity contribution is 6.99.